The molecular formula is C57H40N2O. The van der Waals surface area contributed by atoms with Crippen LogP contribution in [-0.2, 0) is 5.41 Å². The number of furan rings is 1. The topological polar surface area (TPSA) is 21.3 Å². The molecule has 284 valence electrons. The fourth-order valence-corrected chi connectivity index (χ4v) is 9.82. The normalized spacial score (nSPS) is 13.0. The number of fused-ring (bicyclic) bond motifs is 10. The number of aromatic nitrogens is 1. The summed E-state index contributed by atoms with van der Waals surface area (Å²) in [5, 5.41) is 4.82. The van der Waals surface area contributed by atoms with Crippen LogP contribution in [0.25, 0.3) is 82.8 Å². The highest BCUT2D eigenvalue weighted by molar-refractivity contribution is 6.12. The van der Waals surface area contributed by atoms with Crippen molar-refractivity contribution in [2.24, 2.45) is 0 Å². The Morgan fingerprint density at radius 3 is 1.75 bits per heavy atom. The van der Waals surface area contributed by atoms with Crippen molar-refractivity contribution in [1.82, 2.24) is 4.57 Å². The zero-order valence-corrected chi connectivity index (χ0v) is 33.4. The van der Waals surface area contributed by atoms with E-state index in [1.807, 2.05) is 6.07 Å². The summed E-state index contributed by atoms with van der Waals surface area (Å²) in [6.07, 6.45) is 0. The largest absolute Gasteiger partial charge is 0.455 e. The van der Waals surface area contributed by atoms with Gasteiger partial charge in [-0.25, -0.2) is 0 Å². The molecule has 0 fully saturated rings. The molecule has 2 aromatic heterocycles. The first-order chi connectivity index (χ1) is 29.5. The summed E-state index contributed by atoms with van der Waals surface area (Å²) < 4.78 is 8.98. The van der Waals surface area contributed by atoms with Crippen LogP contribution >= 0.6 is 0 Å². The summed E-state index contributed by atoms with van der Waals surface area (Å²) in [7, 11) is 0. The second kappa shape index (κ2) is 13.2. The number of para-hydroxylation sites is 3. The van der Waals surface area contributed by atoms with E-state index in [2.05, 4.69) is 224 Å². The van der Waals surface area contributed by atoms with Gasteiger partial charge in [0.25, 0.3) is 0 Å². The van der Waals surface area contributed by atoms with E-state index in [-0.39, 0.29) is 5.41 Å². The van der Waals surface area contributed by atoms with Crippen LogP contribution in [0.5, 0.6) is 0 Å². The van der Waals surface area contributed by atoms with E-state index in [0.717, 1.165) is 33.6 Å². The van der Waals surface area contributed by atoms with Crippen molar-refractivity contribution < 1.29 is 4.42 Å². The van der Waals surface area contributed by atoms with Gasteiger partial charge < -0.3 is 13.9 Å². The van der Waals surface area contributed by atoms with Gasteiger partial charge in [-0.3, -0.25) is 0 Å². The molecule has 12 rings (SSSR count). The Kier molecular flexibility index (Phi) is 7.58. The molecule has 2 heterocycles. The SMILES string of the molecule is CC1(C)c2cc(N(c3ccc(-c4ccccc4)cc3)c3ccc(-c4ccc5c(c4)c4ccccc4n5-c4ccccc4)cc3)ccc2-c2c1ccc1c2oc2ccccc21. The lowest BCUT2D eigenvalue weighted by molar-refractivity contribution is 0.653. The number of anilines is 3. The number of hydrogen-bond donors (Lipinski definition) is 0. The number of hydrogen-bond acceptors (Lipinski definition) is 2. The lowest BCUT2D eigenvalue weighted by Crippen LogP contribution is -2.16. The zero-order chi connectivity index (χ0) is 40.0. The molecule has 0 aliphatic heterocycles. The molecule has 9 aromatic carbocycles. The molecule has 60 heavy (non-hydrogen) atoms. The quantitative estimate of drug-likeness (QED) is 0.168. The lowest BCUT2D eigenvalue weighted by Gasteiger charge is -2.28. The van der Waals surface area contributed by atoms with Crippen molar-refractivity contribution in [3.05, 3.63) is 217 Å². The van der Waals surface area contributed by atoms with E-state index in [9.17, 15) is 0 Å². The third-order valence-corrected chi connectivity index (χ3v) is 12.8. The molecule has 0 unspecified atom stereocenters. The fraction of sp³-hybridized carbons (Fsp3) is 0.0526. The van der Waals surface area contributed by atoms with Gasteiger partial charge in [0, 0.05) is 55.3 Å². The van der Waals surface area contributed by atoms with Gasteiger partial charge in [0.05, 0.1) is 11.0 Å². The van der Waals surface area contributed by atoms with E-state index in [1.165, 1.54) is 77.4 Å². The highest BCUT2D eigenvalue weighted by Crippen LogP contribution is 2.54. The molecule has 11 aromatic rings. The van der Waals surface area contributed by atoms with E-state index in [1.54, 1.807) is 0 Å². The van der Waals surface area contributed by atoms with Crippen molar-refractivity contribution >= 4 is 60.8 Å². The Bertz CT molecular complexity index is 3430. The number of benzene rings is 9. The Hall–Kier alpha value is -7.62. The highest BCUT2D eigenvalue weighted by atomic mass is 16.3. The van der Waals surface area contributed by atoms with Gasteiger partial charge in [0.1, 0.15) is 11.2 Å². The molecule has 0 saturated carbocycles. The Labute approximate surface area is 349 Å². The third kappa shape index (κ3) is 5.22. The van der Waals surface area contributed by atoms with Crippen molar-refractivity contribution in [2.45, 2.75) is 19.3 Å². The van der Waals surface area contributed by atoms with Crippen LogP contribution in [0.3, 0.4) is 0 Å². The van der Waals surface area contributed by atoms with E-state index in [0.29, 0.717) is 0 Å². The lowest BCUT2D eigenvalue weighted by atomic mass is 9.82. The predicted octanol–water partition coefficient (Wildman–Crippen LogP) is 15.8. The van der Waals surface area contributed by atoms with Crippen LogP contribution in [0.2, 0.25) is 0 Å². The summed E-state index contributed by atoms with van der Waals surface area (Å²) in [4.78, 5) is 2.39. The maximum Gasteiger partial charge on any atom is 0.143 e. The predicted molar refractivity (Wildman–Crippen MR) is 251 cm³/mol. The summed E-state index contributed by atoms with van der Waals surface area (Å²) in [5.74, 6) is 0. The van der Waals surface area contributed by atoms with Crippen LogP contribution in [0, 0.1) is 0 Å². The van der Waals surface area contributed by atoms with Gasteiger partial charge in [0.2, 0.25) is 0 Å². The molecule has 0 saturated heterocycles. The molecule has 0 N–H and O–H groups in total. The first kappa shape index (κ1) is 34.4. The van der Waals surface area contributed by atoms with Gasteiger partial charge >= 0.3 is 0 Å². The maximum atomic E-state index is 6.61. The second-order valence-electron chi connectivity index (χ2n) is 16.5. The van der Waals surface area contributed by atoms with Gasteiger partial charge in [-0.15, -0.1) is 0 Å². The number of rotatable bonds is 6. The molecule has 0 bridgehead atoms. The minimum atomic E-state index is -0.219. The first-order valence-electron chi connectivity index (χ1n) is 20.8. The third-order valence-electron chi connectivity index (χ3n) is 12.8. The fourth-order valence-electron chi connectivity index (χ4n) is 9.82. The molecular weight excluding hydrogens is 729 g/mol. The zero-order valence-electron chi connectivity index (χ0n) is 33.4. The van der Waals surface area contributed by atoms with E-state index >= 15 is 0 Å². The molecule has 0 amide bonds. The van der Waals surface area contributed by atoms with Crippen LogP contribution in [0.1, 0.15) is 25.0 Å². The van der Waals surface area contributed by atoms with E-state index < -0.39 is 0 Å². The van der Waals surface area contributed by atoms with Gasteiger partial charge in [-0.05, 0) is 112 Å². The highest BCUT2D eigenvalue weighted by Gasteiger charge is 2.38. The summed E-state index contributed by atoms with van der Waals surface area (Å²) in [6.45, 7) is 4.69. The van der Waals surface area contributed by atoms with Crippen molar-refractivity contribution in [2.75, 3.05) is 4.90 Å². The minimum Gasteiger partial charge on any atom is -0.455 e. The van der Waals surface area contributed by atoms with Gasteiger partial charge in [-0.2, -0.15) is 0 Å². The Morgan fingerprint density at radius 2 is 1.00 bits per heavy atom. The minimum absolute atomic E-state index is 0.219. The van der Waals surface area contributed by atoms with Crippen LogP contribution in [0.4, 0.5) is 17.1 Å². The van der Waals surface area contributed by atoms with Crippen LogP contribution in [-0.4, -0.2) is 4.57 Å². The summed E-state index contributed by atoms with van der Waals surface area (Å²) >= 11 is 0. The van der Waals surface area contributed by atoms with Gasteiger partial charge in [-0.1, -0.05) is 147 Å². The molecule has 0 radical (unpaired) electrons. The molecule has 0 atom stereocenters. The Morgan fingerprint density at radius 1 is 0.417 bits per heavy atom. The average molecular weight is 769 g/mol. The van der Waals surface area contributed by atoms with Crippen LogP contribution < -0.4 is 4.90 Å². The molecule has 1 aliphatic carbocycles. The molecule has 1 aliphatic rings. The smallest absolute Gasteiger partial charge is 0.143 e. The molecule has 3 nitrogen and oxygen atoms in total. The van der Waals surface area contributed by atoms with E-state index in [4.69, 9.17) is 4.42 Å². The van der Waals surface area contributed by atoms with Gasteiger partial charge in [0.15, 0.2) is 0 Å². The first-order valence-corrected chi connectivity index (χ1v) is 20.8. The molecule has 0 spiro atoms. The Balaban J connectivity index is 0.974. The van der Waals surface area contributed by atoms with Crippen molar-refractivity contribution in [1.29, 1.82) is 0 Å². The molecule has 3 heteroatoms. The standard InChI is InChI=1S/C57H40N2O/c1-57(2)50-33-32-47-46-18-10-12-20-54(46)60-56(47)55(50)48-31-30-44(36-51(48)57)58(42-26-21-38(22-27-42)37-13-5-3-6-14-37)43-28-23-39(24-29-43)40-25-34-53-49(35-40)45-17-9-11-19-52(45)59(53)41-15-7-4-8-16-41/h3-36H,1-2H3. The maximum absolute atomic E-state index is 6.61. The van der Waals surface area contributed by atoms with Crippen molar-refractivity contribution in [3.8, 4) is 39.1 Å². The van der Waals surface area contributed by atoms with Crippen LogP contribution in [0.15, 0.2) is 211 Å². The summed E-state index contributed by atoms with van der Waals surface area (Å²) in [5.41, 5.74) is 18.4. The summed E-state index contributed by atoms with van der Waals surface area (Å²) in [6, 6.07) is 74.8. The second-order valence-corrected chi connectivity index (χ2v) is 16.5. The monoisotopic (exact) mass is 768 g/mol. The average Bonchev–Trinajstić information content (AvgIpc) is 3.92. The number of nitrogens with zero attached hydrogens (tertiary/aromatic N) is 2. The van der Waals surface area contributed by atoms with Crippen molar-refractivity contribution in [3.63, 3.8) is 0 Å².